The van der Waals surface area contributed by atoms with Crippen molar-refractivity contribution >= 4 is 28.9 Å². The number of imidazole rings is 1. The standard InChI is InChI=1S/C33H32F4N6OS/c1-22(2)30(40-31(44)15-26-17-39-21-43(26)18-24-13-11-23(16-38)12-14-24)20-42(32(45)41-29-10-6-5-9-28(29)34)19-25-7-3-4-8-27(25)33(35,36)37/h3-14,17,21-22,30H,15,18-20H2,1-2H3,(H,40,44)(H,41,45)/t30-/m1/s1. The number of nitrogens with one attached hydrogen (secondary N) is 2. The number of carbonyl (C=O) groups excluding carboxylic acids is 1. The van der Waals surface area contributed by atoms with Gasteiger partial charge in [0.15, 0.2) is 5.11 Å². The lowest BCUT2D eigenvalue weighted by atomic mass is 10.0. The minimum atomic E-state index is -4.59. The maximum Gasteiger partial charge on any atom is 0.416 e. The van der Waals surface area contributed by atoms with E-state index in [9.17, 15) is 22.4 Å². The molecule has 0 bridgehead atoms. The third-order valence-electron chi connectivity index (χ3n) is 7.23. The number of nitrogens with zero attached hydrogens (tertiary/aromatic N) is 4. The van der Waals surface area contributed by atoms with Gasteiger partial charge in [-0.15, -0.1) is 0 Å². The van der Waals surface area contributed by atoms with E-state index in [2.05, 4.69) is 21.7 Å². The minimum Gasteiger partial charge on any atom is -0.351 e. The predicted molar refractivity (Wildman–Crippen MR) is 167 cm³/mol. The van der Waals surface area contributed by atoms with E-state index in [0.29, 0.717) is 17.8 Å². The molecule has 12 heteroatoms. The Morgan fingerprint density at radius 1 is 1.07 bits per heavy atom. The Balaban J connectivity index is 1.52. The van der Waals surface area contributed by atoms with Gasteiger partial charge in [-0.2, -0.15) is 18.4 Å². The van der Waals surface area contributed by atoms with Gasteiger partial charge >= 0.3 is 6.18 Å². The van der Waals surface area contributed by atoms with Gasteiger partial charge in [0, 0.05) is 37.6 Å². The molecule has 0 aliphatic heterocycles. The van der Waals surface area contributed by atoms with Gasteiger partial charge in [0.25, 0.3) is 0 Å². The second-order valence-electron chi connectivity index (χ2n) is 10.9. The first kappa shape index (κ1) is 33.1. The van der Waals surface area contributed by atoms with Crippen LogP contribution in [0.3, 0.4) is 0 Å². The van der Waals surface area contributed by atoms with Gasteiger partial charge in [-0.25, -0.2) is 9.37 Å². The van der Waals surface area contributed by atoms with Gasteiger partial charge in [-0.1, -0.05) is 56.3 Å². The molecular formula is C33H32F4N6OS. The lowest BCUT2D eigenvalue weighted by Gasteiger charge is -2.33. The molecule has 1 aromatic heterocycles. The Bertz CT molecular complexity index is 1660. The van der Waals surface area contributed by atoms with E-state index in [1.807, 2.05) is 30.5 Å². The zero-order valence-electron chi connectivity index (χ0n) is 24.7. The van der Waals surface area contributed by atoms with Crippen LogP contribution in [0, 0.1) is 23.1 Å². The second kappa shape index (κ2) is 14.8. The number of hydrogen-bond acceptors (Lipinski definition) is 4. The van der Waals surface area contributed by atoms with Crippen LogP contribution in [0.2, 0.25) is 0 Å². The van der Waals surface area contributed by atoms with Crippen molar-refractivity contribution in [1.82, 2.24) is 19.8 Å². The molecule has 0 saturated heterocycles. The molecule has 0 aliphatic rings. The Morgan fingerprint density at radius 3 is 2.42 bits per heavy atom. The first-order valence-corrected chi connectivity index (χ1v) is 14.6. The van der Waals surface area contributed by atoms with Gasteiger partial charge in [-0.3, -0.25) is 4.79 Å². The number of para-hydroxylation sites is 1. The van der Waals surface area contributed by atoms with E-state index >= 15 is 0 Å². The Morgan fingerprint density at radius 2 is 1.76 bits per heavy atom. The number of amides is 1. The lowest BCUT2D eigenvalue weighted by molar-refractivity contribution is -0.138. The van der Waals surface area contributed by atoms with Gasteiger partial charge in [0.1, 0.15) is 5.82 Å². The van der Waals surface area contributed by atoms with Crippen molar-refractivity contribution in [1.29, 1.82) is 5.26 Å². The molecular weight excluding hydrogens is 604 g/mol. The summed E-state index contributed by atoms with van der Waals surface area (Å²) in [7, 11) is 0. The largest absolute Gasteiger partial charge is 0.416 e. The van der Waals surface area contributed by atoms with Crippen LogP contribution in [0.15, 0.2) is 85.3 Å². The highest BCUT2D eigenvalue weighted by Gasteiger charge is 2.34. The molecule has 1 atom stereocenters. The van der Waals surface area contributed by atoms with E-state index in [1.165, 1.54) is 41.3 Å². The van der Waals surface area contributed by atoms with Crippen LogP contribution in [0.4, 0.5) is 23.2 Å². The molecule has 0 radical (unpaired) electrons. The average molecular weight is 637 g/mol. The molecule has 2 N–H and O–H groups in total. The average Bonchev–Trinajstić information content (AvgIpc) is 3.43. The highest BCUT2D eigenvalue weighted by atomic mass is 32.1. The van der Waals surface area contributed by atoms with E-state index in [-0.39, 0.29) is 47.7 Å². The molecule has 4 rings (SSSR count). The molecule has 1 heterocycles. The molecule has 234 valence electrons. The number of rotatable bonds is 11. The van der Waals surface area contributed by atoms with Gasteiger partial charge in [0.2, 0.25) is 5.91 Å². The molecule has 3 aromatic carbocycles. The molecule has 45 heavy (non-hydrogen) atoms. The molecule has 0 fully saturated rings. The van der Waals surface area contributed by atoms with Crippen molar-refractivity contribution in [3.8, 4) is 6.07 Å². The maximum absolute atomic E-state index is 14.4. The summed E-state index contributed by atoms with van der Waals surface area (Å²) in [5.74, 6) is -1.00. The SMILES string of the molecule is CC(C)[C@@H](CN(Cc1ccccc1C(F)(F)F)C(=S)Nc1ccccc1F)NC(=O)Cc1cncn1Cc1ccc(C#N)cc1. The molecule has 0 spiro atoms. The van der Waals surface area contributed by atoms with E-state index in [0.717, 1.165) is 11.6 Å². The highest BCUT2D eigenvalue weighted by molar-refractivity contribution is 7.80. The van der Waals surface area contributed by atoms with Crippen LogP contribution in [0.5, 0.6) is 0 Å². The van der Waals surface area contributed by atoms with Gasteiger partial charge < -0.3 is 20.1 Å². The van der Waals surface area contributed by atoms with Crippen LogP contribution in [0.25, 0.3) is 0 Å². The van der Waals surface area contributed by atoms with Crippen molar-refractivity contribution in [3.05, 3.63) is 119 Å². The molecule has 0 unspecified atom stereocenters. The first-order valence-electron chi connectivity index (χ1n) is 14.2. The topological polar surface area (TPSA) is 86.0 Å². The van der Waals surface area contributed by atoms with Crippen molar-refractivity contribution in [2.75, 3.05) is 11.9 Å². The summed E-state index contributed by atoms with van der Waals surface area (Å²) in [6, 6.07) is 19.7. The summed E-state index contributed by atoms with van der Waals surface area (Å²) in [4.78, 5) is 19.0. The van der Waals surface area contributed by atoms with E-state index in [4.69, 9.17) is 17.5 Å². The number of halogens is 4. The second-order valence-corrected chi connectivity index (χ2v) is 11.2. The van der Waals surface area contributed by atoms with Crippen LogP contribution in [0.1, 0.15) is 41.8 Å². The number of benzene rings is 3. The molecule has 0 aliphatic carbocycles. The predicted octanol–water partition coefficient (Wildman–Crippen LogP) is 6.54. The van der Waals surface area contributed by atoms with Crippen molar-refractivity contribution < 1.29 is 22.4 Å². The van der Waals surface area contributed by atoms with Crippen LogP contribution < -0.4 is 10.6 Å². The lowest BCUT2D eigenvalue weighted by Crippen LogP contribution is -2.49. The van der Waals surface area contributed by atoms with E-state index < -0.39 is 23.6 Å². The number of nitriles is 1. The fourth-order valence-electron chi connectivity index (χ4n) is 4.72. The third kappa shape index (κ3) is 9.12. The Kier molecular flexibility index (Phi) is 10.9. The smallest absolute Gasteiger partial charge is 0.351 e. The zero-order chi connectivity index (χ0) is 32.6. The van der Waals surface area contributed by atoms with Crippen LogP contribution in [-0.4, -0.2) is 38.1 Å². The summed E-state index contributed by atoms with van der Waals surface area (Å²) in [6.07, 6.45) is -1.36. The molecule has 1 amide bonds. The maximum atomic E-state index is 14.4. The van der Waals surface area contributed by atoms with Gasteiger partial charge in [-0.05, 0) is 59.6 Å². The van der Waals surface area contributed by atoms with Crippen LogP contribution >= 0.6 is 12.2 Å². The molecule has 4 aromatic rings. The third-order valence-corrected chi connectivity index (χ3v) is 7.59. The number of thiocarbonyl (C=S) groups is 1. The highest BCUT2D eigenvalue weighted by Crippen LogP contribution is 2.32. The molecule has 0 saturated carbocycles. The van der Waals surface area contributed by atoms with Crippen molar-refractivity contribution in [2.45, 2.75) is 45.6 Å². The number of anilines is 1. The first-order chi connectivity index (χ1) is 21.4. The minimum absolute atomic E-state index is 0.00826. The summed E-state index contributed by atoms with van der Waals surface area (Å²) >= 11 is 5.58. The summed E-state index contributed by atoms with van der Waals surface area (Å²) < 4.78 is 57.8. The number of hydrogen-bond donors (Lipinski definition) is 2. The fraction of sp³-hybridized carbons (Fsp3) is 0.273. The summed E-state index contributed by atoms with van der Waals surface area (Å²) in [5, 5.41) is 14.9. The Labute approximate surface area is 264 Å². The quantitative estimate of drug-likeness (QED) is 0.144. The monoisotopic (exact) mass is 636 g/mol. The van der Waals surface area contributed by atoms with Gasteiger partial charge in [0.05, 0.1) is 35.6 Å². The normalized spacial score (nSPS) is 12.0. The zero-order valence-corrected chi connectivity index (χ0v) is 25.5. The Hall–Kier alpha value is -4.76. The summed E-state index contributed by atoms with van der Waals surface area (Å²) in [5.41, 5.74) is 1.40. The van der Waals surface area contributed by atoms with Crippen LogP contribution in [-0.2, 0) is 30.5 Å². The van der Waals surface area contributed by atoms with E-state index in [1.54, 1.807) is 30.7 Å². The number of alkyl halides is 3. The number of carbonyl (C=O) groups is 1. The molecule has 7 nitrogen and oxygen atoms in total. The van der Waals surface area contributed by atoms with Crippen molar-refractivity contribution in [2.24, 2.45) is 5.92 Å². The fourth-order valence-corrected chi connectivity index (χ4v) is 4.97. The summed E-state index contributed by atoms with van der Waals surface area (Å²) in [6.45, 7) is 4.04. The number of aromatic nitrogens is 2. The van der Waals surface area contributed by atoms with Crippen molar-refractivity contribution in [3.63, 3.8) is 0 Å².